The molecule has 2 N–H and O–H groups in total. The van der Waals surface area contributed by atoms with Gasteiger partial charge in [0, 0.05) is 31.4 Å². The molecule has 0 aromatic heterocycles. The molecule has 0 saturated carbocycles. The van der Waals surface area contributed by atoms with E-state index in [1.165, 1.54) is 25.1 Å². The molecule has 18 heavy (non-hydrogen) atoms. The van der Waals surface area contributed by atoms with Gasteiger partial charge in [-0.1, -0.05) is 26.0 Å². The van der Waals surface area contributed by atoms with Gasteiger partial charge in [-0.05, 0) is 37.2 Å². The zero-order valence-electron chi connectivity index (χ0n) is 11.6. The minimum atomic E-state index is 0.744. The van der Waals surface area contributed by atoms with Crippen LogP contribution in [0.2, 0.25) is 0 Å². The molecule has 1 atom stereocenters. The number of nitrogens with zero attached hydrogens (tertiary/aromatic N) is 2. The summed E-state index contributed by atoms with van der Waals surface area (Å²) in [6.07, 6.45) is 1.30. The van der Waals surface area contributed by atoms with E-state index in [0.717, 1.165) is 31.4 Å². The number of nitrogen functional groups attached to an aromatic ring is 1. The van der Waals surface area contributed by atoms with Crippen molar-refractivity contribution in [2.75, 3.05) is 31.9 Å². The van der Waals surface area contributed by atoms with E-state index in [1.807, 2.05) is 12.1 Å². The van der Waals surface area contributed by atoms with E-state index in [4.69, 9.17) is 5.73 Å². The SMILES string of the molecule is CCN(CC)C1CCN(Cc2ccc(N)cc2)C1. The van der Waals surface area contributed by atoms with Crippen LogP contribution in [0.1, 0.15) is 25.8 Å². The summed E-state index contributed by atoms with van der Waals surface area (Å²) < 4.78 is 0. The van der Waals surface area contributed by atoms with Crippen LogP contribution in [0, 0.1) is 0 Å². The summed E-state index contributed by atoms with van der Waals surface area (Å²) in [4.78, 5) is 5.12. The first-order valence-corrected chi connectivity index (χ1v) is 7.03. The third-order valence-corrected chi connectivity index (χ3v) is 3.96. The Bertz CT molecular complexity index is 357. The van der Waals surface area contributed by atoms with Gasteiger partial charge in [-0.15, -0.1) is 0 Å². The van der Waals surface area contributed by atoms with E-state index in [-0.39, 0.29) is 0 Å². The quantitative estimate of drug-likeness (QED) is 0.810. The molecule has 1 heterocycles. The van der Waals surface area contributed by atoms with Crippen molar-refractivity contribution in [3.8, 4) is 0 Å². The van der Waals surface area contributed by atoms with Crippen molar-refractivity contribution in [3.05, 3.63) is 29.8 Å². The molecule has 1 fully saturated rings. The van der Waals surface area contributed by atoms with Crippen LogP contribution in [-0.4, -0.2) is 42.0 Å². The molecule has 1 aliphatic rings. The highest BCUT2D eigenvalue weighted by Gasteiger charge is 2.25. The van der Waals surface area contributed by atoms with Crippen LogP contribution in [0.3, 0.4) is 0 Å². The molecule has 0 spiro atoms. The number of likely N-dealkylation sites (N-methyl/N-ethyl adjacent to an activating group) is 1. The van der Waals surface area contributed by atoms with E-state index in [0.29, 0.717) is 0 Å². The van der Waals surface area contributed by atoms with E-state index < -0.39 is 0 Å². The third-order valence-electron chi connectivity index (χ3n) is 3.96. The van der Waals surface area contributed by atoms with Crippen LogP contribution in [0.15, 0.2) is 24.3 Å². The Labute approximate surface area is 111 Å². The zero-order valence-corrected chi connectivity index (χ0v) is 11.6. The molecule has 3 heteroatoms. The van der Waals surface area contributed by atoms with Crippen LogP contribution >= 0.6 is 0 Å². The van der Waals surface area contributed by atoms with Crippen LogP contribution in [0.5, 0.6) is 0 Å². The van der Waals surface area contributed by atoms with Crippen molar-refractivity contribution >= 4 is 5.69 Å². The van der Waals surface area contributed by atoms with Crippen molar-refractivity contribution in [2.45, 2.75) is 32.9 Å². The van der Waals surface area contributed by atoms with Gasteiger partial charge in [-0.3, -0.25) is 9.80 Å². The van der Waals surface area contributed by atoms with Crippen LogP contribution < -0.4 is 5.73 Å². The second kappa shape index (κ2) is 6.21. The Morgan fingerprint density at radius 2 is 1.89 bits per heavy atom. The number of nitrogens with two attached hydrogens (primary N) is 1. The van der Waals surface area contributed by atoms with Crippen molar-refractivity contribution < 1.29 is 0 Å². The van der Waals surface area contributed by atoms with E-state index in [9.17, 15) is 0 Å². The van der Waals surface area contributed by atoms with Gasteiger partial charge in [-0.25, -0.2) is 0 Å². The summed E-state index contributed by atoms with van der Waals surface area (Å²) in [6, 6.07) is 9.01. The molecule has 0 bridgehead atoms. The Morgan fingerprint density at radius 3 is 2.50 bits per heavy atom. The lowest BCUT2D eigenvalue weighted by Gasteiger charge is -2.26. The lowest BCUT2D eigenvalue weighted by atomic mass is 10.2. The summed E-state index contributed by atoms with van der Waals surface area (Å²) in [5.41, 5.74) is 7.93. The summed E-state index contributed by atoms with van der Waals surface area (Å²) in [7, 11) is 0. The normalized spacial score (nSPS) is 20.7. The lowest BCUT2D eigenvalue weighted by Crippen LogP contribution is -2.37. The van der Waals surface area contributed by atoms with Gasteiger partial charge in [0.05, 0.1) is 0 Å². The number of hydrogen-bond donors (Lipinski definition) is 1. The molecular weight excluding hydrogens is 222 g/mol. The third kappa shape index (κ3) is 3.24. The average Bonchev–Trinajstić information content (AvgIpc) is 2.82. The van der Waals surface area contributed by atoms with Gasteiger partial charge >= 0.3 is 0 Å². The number of anilines is 1. The molecule has 0 radical (unpaired) electrons. The van der Waals surface area contributed by atoms with Gasteiger partial charge in [-0.2, -0.15) is 0 Å². The zero-order chi connectivity index (χ0) is 13.0. The molecule has 100 valence electrons. The number of rotatable bonds is 5. The number of likely N-dealkylation sites (tertiary alicyclic amines) is 1. The van der Waals surface area contributed by atoms with E-state index >= 15 is 0 Å². The molecule has 1 aliphatic heterocycles. The van der Waals surface area contributed by atoms with Crippen molar-refractivity contribution in [1.29, 1.82) is 0 Å². The molecule has 1 aromatic rings. The fraction of sp³-hybridized carbons (Fsp3) is 0.600. The van der Waals surface area contributed by atoms with Gasteiger partial charge in [0.25, 0.3) is 0 Å². The highest BCUT2D eigenvalue weighted by Crippen LogP contribution is 2.18. The molecule has 1 aromatic carbocycles. The van der Waals surface area contributed by atoms with Crippen LogP contribution in [-0.2, 0) is 6.54 Å². The first kappa shape index (κ1) is 13.4. The maximum atomic E-state index is 5.71. The standard InChI is InChI=1S/C15H25N3/c1-3-18(4-2)15-9-10-17(12-15)11-13-5-7-14(16)8-6-13/h5-8,15H,3-4,9-12,16H2,1-2H3. The fourth-order valence-corrected chi connectivity index (χ4v) is 2.88. The van der Waals surface area contributed by atoms with Crippen molar-refractivity contribution in [1.82, 2.24) is 9.80 Å². The minimum absolute atomic E-state index is 0.744. The van der Waals surface area contributed by atoms with Gasteiger partial charge in [0.1, 0.15) is 0 Å². The molecule has 2 rings (SSSR count). The number of benzene rings is 1. The summed E-state index contributed by atoms with van der Waals surface area (Å²) in [5, 5.41) is 0. The predicted octanol–water partition coefficient (Wildman–Crippen LogP) is 2.18. The first-order valence-electron chi connectivity index (χ1n) is 7.03. The van der Waals surface area contributed by atoms with Crippen molar-refractivity contribution in [2.24, 2.45) is 0 Å². The smallest absolute Gasteiger partial charge is 0.0314 e. The molecule has 0 amide bonds. The Balaban J connectivity index is 1.87. The highest BCUT2D eigenvalue weighted by molar-refractivity contribution is 5.39. The minimum Gasteiger partial charge on any atom is -0.399 e. The predicted molar refractivity (Wildman–Crippen MR) is 77.5 cm³/mol. The van der Waals surface area contributed by atoms with E-state index in [1.54, 1.807) is 0 Å². The van der Waals surface area contributed by atoms with Crippen molar-refractivity contribution in [3.63, 3.8) is 0 Å². The summed E-state index contributed by atoms with van der Waals surface area (Å²) >= 11 is 0. The monoisotopic (exact) mass is 247 g/mol. The molecule has 1 unspecified atom stereocenters. The molecule has 1 saturated heterocycles. The van der Waals surface area contributed by atoms with E-state index in [2.05, 4.69) is 35.8 Å². The molecule has 3 nitrogen and oxygen atoms in total. The maximum Gasteiger partial charge on any atom is 0.0314 e. The average molecular weight is 247 g/mol. The topological polar surface area (TPSA) is 32.5 Å². The van der Waals surface area contributed by atoms with Gasteiger partial charge in [0.15, 0.2) is 0 Å². The molecular formula is C15H25N3. The maximum absolute atomic E-state index is 5.71. The fourth-order valence-electron chi connectivity index (χ4n) is 2.88. The highest BCUT2D eigenvalue weighted by atomic mass is 15.2. The second-order valence-electron chi connectivity index (χ2n) is 5.14. The number of hydrogen-bond acceptors (Lipinski definition) is 3. The molecule has 0 aliphatic carbocycles. The van der Waals surface area contributed by atoms with Gasteiger partial charge < -0.3 is 5.73 Å². The van der Waals surface area contributed by atoms with Gasteiger partial charge in [0.2, 0.25) is 0 Å². The van der Waals surface area contributed by atoms with Crippen LogP contribution in [0.4, 0.5) is 5.69 Å². The first-order chi connectivity index (χ1) is 8.72. The largest absolute Gasteiger partial charge is 0.399 e. The Morgan fingerprint density at radius 1 is 1.22 bits per heavy atom. The summed E-state index contributed by atoms with van der Waals surface area (Å²) in [5.74, 6) is 0. The lowest BCUT2D eigenvalue weighted by molar-refractivity contribution is 0.209. The second-order valence-corrected chi connectivity index (χ2v) is 5.14. The van der Waals surface area contributed by atoms with Crippen LogP contribution in [0.25, 0.3) is 0 Å². The Hall–Kier alpha value is -1.06. The Kier molecular flexibility index (Phi) is 4.61. The summed E-state index contributed by atoms with van der Waals surface area (Å²) in [6.45, 7) is 10.3.